The molecule has 0 amide bonds. The van der Waals surface area contributed by atoms with Crippen LogP contribution in [0.15, 0.2) is 24.3 Å². The number of benzene rings is 1. The molecule has 1 aliphatic carbocycles. The van der Waals surface area contributed by atoms with E-state index in [4.69, 9.17) is 0 Å². The summed E-state index contributed by atoms with van der Waals surface area (Å²) in [5.41, 5.74) is 0.0809. The van der Waals surface area contributed by atoms with Crippen LogP contribution < -0.4 is 0 Å². The first kappa shape index (κ1) is 12.0. The van der Waals surface area contributed by atoms with E-state index in [1.165, 1.54) is 18.2 Å². The molecule has 4 heteroatoms. The largest absolute Gasteiger partial charge is 0.418 e. The van der Waals surface area contributed by atoms with Crippen molar-refractivity contribution in [2.45, 2.75) is 25.1 Å². The minimum atomic E-state index is -4.66. The van der Waals surface area contributed by atoms with Gasteiger partial charge < -0.3 is 5.11 Å². The molecule has 90 valence electrons. The molecule has 1 N–H and O–H groups in total. The highest BCUT2D eigenvalue weighted by molar-refractivity contribution is 5.43. The molecule has 1 aromatic rings. The smallest absolute Gasteiger partial charge is 0.379 e. The Labute approximate surface area is 97.3 Å². The fourth-order valence-electron chi connectivity index (χ4n) is 1.43. The maximum atomic E-state index is 12.4. The summed E-state index contributed by atoms with van der Waals surface area (Å²) in [4.78, 5) is 0. The predicted octanol–water partition coefficient (Wildman–Crippen LogP) is 3.04. The standard InChI is InChI=1S/C13H11F3O/c14-13(15,16)12(17)11-4-2-1-3-10(11)8-7-9-5-6-9/h1-4,9,12,17H,5-6H2. The van der Waals surface area contributed by atoms with E-state index >= 15 is 0 Å². The quantitative estimate of drug-likeness (QED) is 0.748. The molecule has 1 nitrogen and oxygen atoms in total. The Hall–Kier alpha value is -1.47. The van der Waals surface area contributed by atoms with Gasteiger partial charge in [-0.1, -0.05) is 30.0 Å². The van der Waals surface area contributed by atoms with Crippen molar-refractivity contribution in [3.8, 4) is 11.8 Å². The molecule has 2 rings (SSSR count). The van der Waals surface area contributed by atoms with E-state index in [9.17, 15) is 18.3 Å². The number of hydrogen-bond donors (Lipinski definition) is 1. The van der Waals surface area contributed by atoms with Gasteiger partial charge in [0.2, 0.25) is 0 Å². The van der Waals surface area contributed by atoms with Gasteiger partial charge in [0.15, 0.2) is 6.10 Å². The molecule has 1 saturated carbocycles. The summed E-state index contributed by atoms with van der Waals surface area (Å²) < 4.78 is 37.3. The first-order chi connectivity index (χ1) is 7.98. The van der Waals surface area contributed by atoms with E-state index in [1.54, 1.807) is 6.07 Å². The first-order valence-electron chi connectivity index (χ1n) is 5.34. The fraction of sp³-hybridized carbons (Fsp3) is 0.385. The average molecular weight is 240 g/mol. The lowest BCUT2D eigenvalue weighted by atomic mass is 10.0. The maximum Gasteiger partial charge on any atom is 0.418 e. The highest BCUT2D eigenvalue weighted by atomic mass is 19.4. The Morgan fingerprint density at radius 3 is 2.47 bits per heavy atom. The molecule has 0 radical (unpaired) electrons. The topological polar surface area (TPSA) is 20.2 Å². The van der Waals surface area contributed by atoms with Crippen LogP contribution in [0.5, 0.6) is 0 Å². The molecule has 1 unspecified atom stereocenters. The van der Waals surface area contributed by atoms with Crippen LogP contribution in [0.3, 0.4) is 0 Å². The van der Waals surface area contributed by atoms with Gasteiger partial charge in [0, 0.05) is 17.0 Å². The van der Waals surface area contributed by atoms with Crippen LogP contribution in [0.2, 0.25) is 0 Å². The summed E-state index contributed by atoms with van der Waals surface area (Å²) in [6.07, 6.45) is -5.10. The zero-order valence-corrected chi connectivity index (χ0v) is 8.96. The first-order valence-corrected chi connectivity index (χ1v) is 5.34. The van der Waals surface area contributed by atoms with Gasteiger partial charge in [-0.25, -0.2) is 0 Å². The van der Waals surface area contributed by atoms with Crippen LogP contribution in [-0.4, -0.2) is 11.3 Å². The van der Waals surface area contributed by atoms with Gasteiger partial charge in [-0.05, 0) is 18.9 Å². The van der Waals surface area contributed by atoms with Crippen LogP contribution in [0.4, 0.5) is 13.2 Å². The Bertz CT molecular complexity index is 464. The highest BCUT2D eigenvalue weighted by Crippen LogP contribution is 2.34. The number of aliphatic hydroxyl groups excluding tert-OH is 1. The summed E-state index contributed by atoms with van der Waals surface area (Å²) >= 11 is 0. The van der Waals surface area contributed by atoms with Gasteiger partial charge in [-0.2, -0.15) is 13.2 Å². The number of hydrogen-bond acceptors (Lipinski definition) is 1. The zero-order valence-electron chi connectivity index (χ0n) is 8.96. The van der Waals surface area contributed by atoms with Crippen LogP contribution in [0, 0.1) is 17.8 Å². The van der Waals surface area contributed by atoms with Gasteiger partial charge in [0.25, 0.3) is 0 Å². The second-order valence-electron chi connectivity index (χ2n) is 4.08. The molecule has 1 atom stereocenters. The monoisotopic (exact) mass is 240 g/mol. The van der Waals surface area contributed by atoms with Crippen molar-refractivity contribution >= 4 is 0 Å². The third-order valence-electron chi connectivity index (χ3n) is 2.55. The van der Waals surface area contributed by atoms with E-state index in [0.29, 0.717) is 5.92 Å². The van der Waals surface area contributed by atoms with Crippen molar-refractivity contribution in [1.82, 2.24) is 0 Å². The highest BCUT2D eigenvalue weighted by Gasteiger charge is 2.40. The molecule has 17 heavy (non-hydrogen) atoms. The van der Waals surface area contributed by atoms with Crippen LogP contribution in [0.1, 0.15) is 30.1 Å². The number of alkyl halides is 3. The number of rotatable bonds is 1. The van der Waals surface area contributed by atoms with Crippen molar-refractivity contribution in [2.24, 2.45) is 5.92 Å². The third-order valence-corrected chi connectivity index (χ3v) is 2.55. The van der Waals surface area contributed by atoms with E-state index in [2.05, 4.69) is 11.8 Å². The van der Waals surface area contributed by atoms with Crippen LogP contribution in [-0.2, 0) is 0 Å². The molecule has 0 saturated heterocycles. The molecular weight excluding hydrogens is 229 g/mol. The molecule has 1 aromatic carbocycles. The van der Waals surface area contributed by atoms with Crippen LogP contribution >= 0.6 is 0 Å². The summed E-state index contributed by atoms with van der Waals surface area (Å²) in [6, 6.07) is 5.84. The van der Waals surface area contributed by atoms with Gasteiger partial charge >= 0.3 is 6.18 Å². The number of halogens is 3. The summed E-state index contributed by atoms with van der Waals surface area (Å²) in [5.74, 6) is 5.92. The molecule has 0 spiro atoms. The third kappa shape index (κ3) is 3.01. The van der Waals surface area contributed by atoms with E-state index < -0.39 is 12.3 Å². The summed E-state index contributed by atoms with van der Waals surface area (Å²) in [5, 5.41) is 9.23. The minimum Gasteiger partial charge on any atom is -0.379 e. The van der Waals surface area contributed by atoms with E-state index in [1.807, 2.05) is 0 Å². The second kappa shape index (κ2) is 4.42. The second-order valence-corrected chi connectivity index (χ2v) is 4.08. The molecule has 0 bridgehead atoms. The lowest BCUT2D eigenvalue weighted by Gasteiger charge is -2.16. The molecular formula is C13H11F3O. The SMILES string of the molecule is OC(c1ccccc1C#CC1CC1)C(F)(F)F. The van der Waals surface area contributed by atoms with Crippen molar-refractivity contribution in [3.05, 3.63) is 35.4 Å². The lowest BCUT2D eigenvalue weighted by molar-refractivity contribution is -0.206. The zero-order chi connectivity index (χ0) is 12.5. The molecule has 0 heterocycles. The Morgan fingerprint density at radius 1 is 1.24 bits per heavy atom. The lowest BCUT2D eigenvalue weighted by Crippen LogP contribution is -2.21. The van der Waals surface area contributed by atoms with E-state index in [0.717, 1.165) is 12.8 Å². The molecule has 0 aromatic heterocycles. The summed E-state index contributed by atoms with van der Waals surface area (Å²) in [7, 11) is 0. The van der Waals surface area contributed by atoms with Gasteiger partial charge in [0.05, 0.1) is 0 Å². The van der Waals surface area contributed by atoms with Crippen molar-refractivity contribution in [1.29, 1.82) is 0 Å². The predicted molar refractivity (Wildman–Crippen MR) is 57.1 cm³/mol. The number of aliphatic hydroxyl groups is 1. The Kier molecular flexibility index (Phi) is 3.12. The van der Waals surface area contributed by atoms with E-state index in [-0.39, 0.29) is 11.1 Å². The van der Waals surface area contributed by atoms with Gasteiger partial charge in [-0.15, -0.1) is 0 Å². The van der Waals surface area contributed by atoms with Crippen molar-refractivity contribution < 1.29 is 18.3 Å². The van der Waals surface area contributed by atoms with Crippen LogP contribution in [0.25, 0.3) is 0 Å². The Morgan fingerprint density at radius 2 is 1.88 bits per heavy atom. The van der Waals surface area contributed by atoms with Gasteiger partial charge in [-0.3, -0.25) is 0 Å². The minimum absolute atomic E-state index is 0.173. The average Bonchev–Trinajstić information content (AvgIpc) is 3.08. The summed E-state index contributed by atoms with van der Waals surface area (Å²) in [6.45, 7) is 0. The maximum absolute atomic E-state index is 12.4. The van der Waals surface area contributed by atoms with Crippen molar-refractivity contribution in [3.63, 3.8) is 0 Å². The normalized spacial score (nSPS) is 17.2. The molecule has 1 aliphatic rings. The molecule has 0 aliphatic heterocycles. The Balaban J connectivity index is 2.30. The van der Waals surface area contributed by atoms with Gasteiger partial charge in [0.1, 0.15) is 0 Å². The fourth-order valence-corrected chi connectivity index (χ4v) is 1.43. The molecule has 1 fully saturated rings. The van der Waals surface area contributed by atoms with Crippen molar-refractivity contribution in [2.75, 3.05) is 0 Å².